The summed E-state index contributed by atoms with van der Waals surface area (Å²) >= 11 is 0. The third-order valence-corrected chi connectivity index (χ3v) is 8.20. The summed E-state index contributed by atoms with van der Waals surface area (Å²) in [6.07, 6.45) is 6.48. The van der Waals surface area contributed by atoms with Crippen LogP contribution in [0.1, 0.15) is 13.3 Å². The van der Waals surface area contributed by atoms with Crippen LogP contribution in [-0.2, 0) is 13.1 Å². The lowest BCUT2D eigenvalue weighted by atomic mass is 9.88. The maximum Gasteiger partial charge on any atom is 0.278 e. The predicted octanol–water partition coefficient (Wildman–Crippen LogP) is 3.77. The monoisotopic (exact) mass is 521 g/mol. The number of fused-ring (bicyclic) bond motifs is 4. The molecule has 8 rings (SSSR count). The van der Waals surface area contributed by atoms with Crippen molar-refractivity contribution in [2.45, 2.75) is 38.5 Å². The Morgan fingerprint density at radius 2 is 1.85 bits per heavy atom. The third kappa shape index (κ3) is 3.82. The molecular weight excluding hydrogens is 490 g/mol. The van der Waals surface area contributed by atoms with E-state index in [1.807, 2.05) is 33.8 Å². The van der Waals surface area contributed by atoms with Crippen LogP contribution < -0.4 is 15.8 Å². The summed E-state index contributed by atoms with van der Waals surface area (Å²) in [6, 6.07) is 15.8. The first-order valence-corrected chi connectivity index (χ1v) is 13.4. The van der Waals surface area contributed by atoms with Gasteiger partial charge < -0.3 is 10.2 Å². The van der Waals surface area contributed by atoms with Gasteiger partial charge in [-0.25, -0.2) is 14.3 Å². The summed E-state index contributed by atoms with van der Waals surface area (Å²) in [4.78, 5) is 27.5. The summed E-state index contributed by atoms with van der Waals surface area (Å²) in [5.74, 6) is 0.431. The van der Waals surface area contributed by atoms with Crippen molar-refractivity contribution in [2.24, 2.45) is 0 Å². The molecule has 3 aliphatic heterocycles. The van der Waals surface area contributed by atoms with E-state index in [9.17, 15) is 4.79 Å². The molecule has 3 saturated heterocycles. The molecule has 0 saturated carbocycles. The lowest BCUT2D eigenvalue weighted by Crippen LogP contribution is -2.67. The van der Waals surface area contributed by atoms with Crippen molar-refractivity contribution in [1.29, 1.82) is 0 Å². The zero-order chi connectivity index (χ0) is 26.7. The van der Waals surface area contributed by atoms with Crippen LogP contribution in [0.3, 0.4) is 0 Å². The number of aromatic nitrogens is 6. The molecule has 6 heterocycles. The Labute approximate surface area is 225 Å². The first kappa shape index (κ1) is 23.7. The number of hydrogen-bond donors (Lipinski definition) is 1. The van der Waals surface area contributed by atoms with Gasteiger partial charge >= 0.3 is 0 Å². The number of allylic oxidation sites excluding steroid dienone is 1. The molecular formula is C29H31N9O. The van der Waals surface area contributed by atoms with E-state index < -0.39 is 0 Å². The summed E-state index contributed by atoms with van der Waals surface area (Å²) in [7, 11) is 2.23. The molecule has 2 bridgehead atoms. The number of hydrogen-bond acceptors (Lipinski definition) is 7. The summed E-state index contributed by atoms with van der Waals surface area (Å²) in [5.41, 5.74) is 4.33. The molecule has 3 aromatic heterocycles. The smallest absolute Gasteiger partial charge is 0.278 e. The number of benzene rings is 2. The topological polar surface area (TPSA) is 89.0 Å². The molecule has 0 amide bonds. The second-order valence-corrected chi connectivity index (χ2v) is 10.4. The van der Waals surface area contributed by atoms with Crippen LogP contribution in [0.15, 0.2) is 72.3 Å². The highest BCUT2D eigenvalue weighted by Gasteiger charge is 2.42. The summed E-state index contributed by atoms with van der Waals surface area (Å²) < 4.78 is 5.43. The number of piperidine rings is 1. The fraction of sp³-hybridized carbons (Fsp3) is 0.310. The van der Waals surface area contributed by atoms with E-state index >= 15 is 0 Å². The molecule has 10 nitrogen and oxygen atoms in total. The second-order valence-electron chi connectivity index (χ2n) is 10.4. The van der Waals surface area contributed by atoms with Crippen LogP contribution >= 0.6 is 0 Å². The molecule has 3 aliphatic rings. The van der Waals surface area contributed by atoms with Crippen LogP contribution in [0.25, 0.3) is 27.6 Å². The molecule has 3 fully saturated rings. The molecule has 10 heteroatoms. The molecule has 1 N–H and O–H groups in total. The van der Waals surface area contributed by atoms with Gasteiger partial charge in [0.1, 0.15) is 5.39 Å². The van der Waals surface area contributed by atoms with E-state index in [4.69, 9.17) is 4.98 Å². The van der Waals surface area contributed by atoms with Gasteiger partial charge in [0, 0.05) is 54.7 Å². The highest BCUT2D eigenvalue weighted by molar-refractivity contribution is 5.83. The number of nitrogens with zero attached hydrogens (tertiary/aromatic N) is 8. The summed E-state index contributed by atoms with van der Waals surface area (Å²) in [6.45, 7) is 9.16. The maximum absolute atomic E-state index is 13.3. The van der Waals surface area contributed by atoms with Gasteiger partial charge in [-0.2, -0.15) is 10.1 Å². The van der Waals surface area contributed by atoms with Gasteiger partial charge in [0.25, 0.3) is 5.56 Å². The first-order chi connectivity index (χ1) is 19.0. The van der Waals surface area contributed by atoms with Crippen molar-refractivity contribution >= 4 is 39.3 Å². The average molecular weight is 522 g/mol. The fourth-order valence-electron chi connectivity index (χ4n) is 5.97. The minimum absolute atomic E-state index is 0.157. The molecule has 2 atom stereocenters. The van der Waals surface area contributed by atoms with Crippen LogP contribution in [0.5, 0.6) is 0 Å². The Balaban J connectivity index is 1.23. The number of piperazine rings is 1. The Bertz CT molecular complexity index is 1750. The molecule has 198 valence electrons. The molecule has 0 radical (unpaired) electrons. The Morgan fingerprint density at radius 1 is 1.08 bits per heavy atom. The largest absolute Gasteiger partial charge is 0.368 e. The fourth-order valence-corrected chi connectivity index (χ4v) is 5.97. The summed E-state index contributed by atoms with van der Waals surface area (Å²) in [5, 5.41) is 9.29. The van der Waals surface area contributed by atoms with Crippen molar-refractivity contribution in [3.05, 3.63) is 77.9 Å². The van der Waals surface area contributed by atoms with E-state index in [2.05, 4.69) is 70.0 Å². The van der Waals surface area contributed by atoms with E-state index in [-0.39, 0.29) is 5.56 Å². The van der Waals surface area contributed by atoms with Gasteiger partial charge in [-0.3, -0.25) is 14.4 Å². The van der Waals surface area contributed by atoms with Crippen molar-refractivity contribution in [1.82, 2.24) is 34.0 Å². The van der Waals surface area contributed by atoms with Crippen molar-refractivity contribution in [2.75, 3.05) is 30.4 Å². The number of aryl methyl sites for hydroxylation is 1. The maximum atomic E-state index is 13.3. The number of rotatable bonds is 7. The average Bonchev–Trinajstić information content (AvgIpc) is 3.51. The number of anilines is 3. The standard InChI is InChI=1S/C29H31N9O/c1-4-12-37-28(39)25-16-30-29(32-20-7-10-21(11-8-20)35-17-23-13-24(18-35)34(23)3)33-27(25)38(37)22-9-6-19-15-31-36(5-2)26(19)14-22/h4,6-11,14-16,23-24H,1,5,12-13,17-18H2,2-3H3,(H,30,32,33). The van der Waals surface area contributed by atoms with Crippen LogP contribution in [-0.4, -0.2) is 66.2 Å². The minimum atomic E-state index is -0.157. The lowest BCUT2D eigenvalue weighted by Gasteiger charge is -2.55. The van der Waals surface area contributed by atoms with Crippen molar-refractivity contribution in [3.63, 3.8) is 0 Å². The normalized spacial score (nSPS) is 19.0. The second kappa shape index (κ2) is 9.09. The Morgan fingerprint density at radius 3 is 2.56 bits per heavy atom. The Hall–Kier alpha value is -4.44. The number of likely N-dealkylation sites (N-methyl/N-ethyl adjacent to an activating group) is 1. The highest BCUT2D eigenvalue weighted by Crippen LogP contribution is 2.33. The third-order valence-electron chi connectivity index (χ3n) is 8.20. The van der Waals surface area contributed by atoms with E-state index in [1.54, 1.807) is 17.0 Å². The molecule has 5 aromatic rings. The number of nitrogens with one attached hydrogen (secondary N) is 1. The van der Waals surface area contributed by atoms with Gasteiger partial charge in [-0.1, -0.05) is 6.08 Å². The van der Waals surface area contributed by atoms with Gasteiger partial charge in [-0.05, 0) is 62.9 Å². The lowest BCUT2D eigenvalue weighted by molar-refractivity contribution is 0.0264. The predicted molar refractivity (Wildman–Crippen MR) is 154 cm³/mol. The molecule has 0 aliphatic carbocycles. The zero-order valence-corrected chi connectivity index (χ0v) is 22.2. The molecule has 39 heavy (non-hydrogen) atoms. The van der Waals surface area contributed by atoms with Crippen molar-refractivity contribution < 1.29 is 0 Å². The SMILES string of the molecule is C=CCn1c(=O)c2cnc(Nc3ccc(N4CC5CC(C4)N5C)cc3)nc2n1-c1ccc2cnn(CC)c2c1. The first-order valence-electron chi connectivity index (χ1n) is 13.4. The minimum Gasteiger partial charge on any atom is -0.368 e. The quantitative estimate of drug-likeness (QED) is 0.326. The molecule has 0 spiro atoms. The zero-order valence-electron chi connectivity index (χ0n) is 22.2. The van der Waals surface area contributed by atoms with Crippen LogP contribution in [0.2, 0.25) is 0 Å². The van der Waals surface area contributed by atoms with Crippen LogP contribution in [0.4, 0.5) is 17.3 Å². The molecule has 2 unspecified atom stereocenters. The molecule has 2 aromatic carbocycles. The van der Waals surface area contributed by atoms with Gasteiger partial charge in [0.05, 0.1) is 23.9 Å². The van der Waals surface area contributed by atoms with Gasteiger partial charge in [-0.15, -0.1) is 6.58 Å². The van der Waals surface area contributed by atoms with Crippen LogP contribution in [0, 0.1) is 0 Å². The van der Waals surface area contributed by atoms with E-state index in [0.717, 1.165) is 41.9 Å². The Kier molecular flexibility index (Phi) is 5.52. The van der Waals surface area contributed by atoms with Gasteiger partial charge in [0.15, 0.2) is 5.65 Å². The van der Waals surface area contributed by atoms with Gasteiger partial charge in [0.2, 0.25) is 5.95 Å². The highest BCUT2D eigenvalue weighted by atomic mass is 16.1. The van der Waals surface area contributed by atoms with E-state index in [0.29, 0.717) is 35.6 Å². The van der Waals surface area contributed by atoms with E-state index in [1.165, 1.54) is 12.1 Å². The van der Waals surface area contributed by atoms with Crippen molar-refractivity contribution in [3.8, 4) is 5.69 Å².